The lowest BCUT2D eigenvalue weighted by Gasteiger charge is -2.04. The molecule has 128 valence electrons. The van der Waals surface area contributed by atoms with Gasteiger partial charge in [-0.15, -0.1) is 0 Å². The summed E-state index contributed by atoms with van der Waals surface area (Å²) in [5, 5.41) is 14.4. The number of nitrogens with zero attached hydrogens (tertiary/aromatic N) is 2. The zero-order chi connectivity index (χ0) is 18.3. The van der Waals surface area contributed by atoms with Gasteiger partial charge in [-0.3, -0.25) is 19.3 Å². The molecule has 0 saturated carbocycles. The van der Waals surface area contributed by atoms with Gasteiger partial charge in [0, 0.05) is 13.3 Å². The zero-order valence-corrected chi connectivity index (χ0v) is 13.9. The topological polar surface area (TPSA) is 87.4 Å². The summed E-state index contributed by atoms with van der Waals surface area (Å²) in [7, 11) is 1.37. The van der Waals surface area contributed by atoms with E-state index >= 15 is 0 Å². The van der Waals surface area contributed by atoms with E-state index in [1.807, 2.05) is 36.4 Å². The van der Waals surface area contributed by atoms with Gasteiger partial charge < -0.3 is 5.11 Å². The van der Waals surface area contributed by atoms with E-state index in [-0.39, 0.29) is 5.56 Å². The van der Waals surface area contributed by atoms with Crippen LogP contribution < -0.4 is 11.2 Å². The fraction of sp³-hybridized carbons (Fsp3) is 0.0500. The van der Waals surface area contributed by atoms with Gasteiger partial charge in [0.25, 0.3) is 5.56 Å². The van der Waals surface area contributed by atoms with Gasteiger partial charge in [-0.25, -0.2) is 4.79 Å². The van der Waals surface area contributed by atoms with Crippen molar-refractivity contribution in [2.75, 3.05) is 0 Å². The highest BCUT2D eigenvalue weighted by Crippen LogP contribution is 2.26. The van der Waals surface area contributed by atoms with E-state index in [4.69, 9.17) is 0 Å². The lowest BCUT2D eigenvalue weighted by molar-refractivity contribution is 0.417. The van der Waals surface area contributed by atoms with Gasteiger partial charge in [0.15, 0.2) is 0 Å². The van der Waals surface area contributed by atoms with E-state index in [1.54, 1.807) is 0 Å². The van der Waals surface area contributed by atoms with E-state index in [2.05, 4.69) is 28.2 Å². The first-order chi connectivity index (χ1) is 12.5. The summed E-state index contributed by atoms with van der Waals surface area (Å²) in [6, 6.07) is 18.0. The molecular weight excluding hydrogens is 330 g/mol. The highest BCUT2D eigenvalue weighted by molar-refractivity contribution is 5.99. The molecule has 0 aliphatic carbocycles. The van der Waals surface area contributed by atoms with Crippen LogP contribution >= 0.6 is 0 Å². The molecular formula is C20H15N3O3. The number of benzene rings is 3. The first-order valence-corrected chi connectivity index (χ1v) is 8.02. The van der Waals surface area contributed by atoms with Crippen LogP contribution in [0, 0.1) is 0 Å². The Labute approximate surface area is 147 Å². The van der Waals surface area contributed by atoms with Crippen LogP contribution in [-0.4, -0.2) is 20.9 Å². The molecule has 4 rings (SSSR count). The Morgan fingerprint density at radius 2 is 1.62 bits per heavy atom. The van der Waals surface area contributed by atoms with Gasteiger partial charge >= 0.3 is 5.69 Å². The van der Waals surface area contributed by atoms with Crippen molar-refractivity contribution in [2.24, 2.45) is 12.0 Å². The number of hydrogen-bond acceptors (Lipinski definition) is 4. The molecule has 0 spiro atoms. The number of aliphatic imine (C=N–C) groups is 1. The molecule has 0 fully saturated rings. The molecule has 0 aliphatic rings. The van der Waals surface area contributed by atoms with Crippen molar-refractivity contribution in [3.8, 4) is 5.88 Å². The van der Waals surface area contributed by atoms with Crippen LogP contribution in [-0.2, 0) is 7.05 Å². The maximum Gasteiger partial charge on any atom is 0.330 e. The molecule has 2 N–H and O–H groups in total. The number of aromatic amines is 1. The molecule has 1 aromatic heterocycles. The average Bonchev–Trinajstić information content (AvgIpc) is 2.64. The molecule has 0 aliphatic heterocycles. The largest absolute Gasteiger partial charge is 0.494 e. The van der Waals surface area contributed by atoms with Crippen LogP contribution in [0.15, 0.2) is 69.2 Å². The van der Waals surface area contributed by atoms with Crippen molar-refractivity contribution in [3.63, 3.8) is 0 Å². The first-order valence-electron chi connectivity index (χ1n) is 8.02. The van der Waals surface area contributed by atoms with E-state index in [1.165, 1.54) is 13.3 Å². The minimum atomic E-state index is -0.680. The van der Waals surface area contributed by atoms with Crippen LogP contribution in [0.4, 0.5) is 5.69 Å². The Balaban J connectivity index is 1.79. The number of H-pyrrole nitrogens is 1. The second kappa shape index (κ2) is 6.00. The van der Waals surface area contributed by atoms with Crippen molar-refractivity contribution < 1.29 is 5.11 Å². The molecule has 0 saturated heterocycles. The summed E-state index contributed by atoms with van der Waals surface area (Å²) in [6.07, 6.45) is 1.26. The summed E-state index contributed by atoms with van der Waals surface area (Å²) >= 11 is 0. The van der Waals surface area contributed by atoms with Crippen LogP contribution in [0.3, 0.4) is 0 Å². The highest BCUT2D eigenvalue weighted by atomic mass is 16.3. The maximum absolute atomic E-state index is 11.9. The predicted molar refractivity (Wildman–Crippen MR) is 103 cm³/mol. The van der Waals surface area contributed by atoms with E-state index in [0.29, 0.717) is 5.69 Å². The number of rotatable bonds is 2. The second-order valence-corrected chi connectivity index (χ2v) is 6.04. The van der Waals surface area contributed by atoms with Crippen LogP contribution in [0.5, 0.6) is 5.88 Å². The molecule has 6 heteroatoms. The second-order valence-electron chi connectivity index (χ2n) is 6.04. The molecule has 3 aromatic carbocycles. The van der Waals surface area contributed by atoms with Crippen LogP contribution in [0.2, 0.25) is 0 Å². The molecule has 4 aromatic rings. The third-order valence-corrected chi connectivity index (χ3v) is 4.36. The van der Waals surface area contributed by atoms with Crippen LogP contribution in [0.25, 0.3) is 21.5 Å². The lowest BCUT2D eigenvalue weighted by atomic mass is 10.0. The Bertz CT molecular complexity index is 1300. The maximum atomic E-state index is 11.9. The Hall–Kier alpha value is -3.67. The van der Waals surface area contributed by atoms with Gasteiger partial charge in [-0.1, -0.05) is 30.3 Å². The summed E-state index contributed by atoms with van der Waals surface area (Å²) < 4.78 is 0.954. The summed E-state index contributed by atoms with van der Waals surface area (Å²) in [4.78, 5) is 29.7. The zero-order valence-electron chi connectivity index (χ0n) is 13.9. The predicted octanol–water partition coefficient (Wildman–Crippen LogP) is 2.84. The Morgan fingerprint density at radius 1 is 0.962 bits per heavy atom. The Morgan fingerprint density at radius 3 is 2.35 bits per heavy atom. The number of hydrogen-bond donors (Lipinski definition) is 2. The first kappa shape index (κ1) is 15.8. The molecule has 26 heavy (non-hydrogen) atoms. The van der Waals surface area contributed by atoms with Crippen molar-refractivity contribution in [3.05, 3.63) is 81.0 Å². The normalized spacial score (nSPS) is 11.6. The molecule has 0 atom stereocenters. The van der Waals surface area contributed by atoms with Crippen molar-refractivity contribution >= 4 is 33.4 Å². The van der Waals surface area contributed by atoms with Gasteiger partial charge in [-0.05, 0) is 45.8 Å². The molecule has 0 bridgehead atoms. The van der Waals surface area contributed by atoms with Crippen molar-refractivity contribution in [1.82, 2.24) is 9.55 Å². The van der Waals surface area contributed by atoms with Crippen LogP contribution in [0.1, 0.15) is 5.56 Å². The third kappa shape index (κ3) is 2.67. The molecule has 0 amide bonds. The molecule has 1 heterocycles. The molecule has 0 unspecified atom stereocenters. The summed E-state index contributed by atoms with van der Waals surface area (Å²) in [5.74, 6) is -0.422. The van der Waals surface area contributed by atoms with E-state index in [9.17, 15) is 14.7 Å². The molecule has 0 radical (unpaired) electrons. The monoisotopic (exact) mass is 345 g/mol. The fourth-order valence-electron chi connectivity index (χ4n) is 2.89. The highest BCUT2D eigenvalue weighted by Gasteiger charge is 2.09. The van der Waals surface area contributed by atoms with Gasteiger partial charge in [0.2, 0.25) is 5.88 Å². The van der Waals surface area contributed by atoms with E-state index < -0.39 is 17.1 Å². The van der Waals surface area contributed by atoms with Crippen molar-refractivity contribution in [1.29, 1.82) is 0 Å². The fourth-order valence-corrected chi connectivity index (χ4v) is 2.89. The quantitative estimate of drug-likeness (QED) is 0.432. The van der Waals surface area contributed by atoms with Gasteiger partial charge in [0.1, 0.15) is 5.56 Å². The third-order valence-electron chi connectivity index (χ3n) is 4.36. The number of aromatic hydroxyl groups is 1. The summed E-state index contributed by atoms with van der Waals surface area (Å²) in [6.45, 7) is 0. The smallest absolute Gasteiger partial charge is 0.330 e. The molecule has 6 nitrogen and oxygen atoms in total. The van der Waals surface area contributed by atoms with E-state index in [0.717, 1.165) is 26.1 Å². The van der Waals surface area contributed by atoms with Crippen molar-refractivity contribution in [2.45, 2.75) is 0 Å². The Kier molecular flexibility index (Phi) is 3.65. The standard InChI is InChI=1S/C20H15N3O3/c1-23-19(25)17(18(24)22-20(23)26)11-21-16-7-6-14-8-12-4-2-3-5-13(12)9-15(14)10-16/h2-11,25H,1H3,(H,22,24,26). The SMILES string of the molecule is Cn1c(O)c(C=Nc2ccc3cc4ccccc4cc3c2)c(=O)[nH]c1=O. The minimum absolute atomic E-state index is 0.0642. The summed E-state index contributed by atoms with van der Waals surface area (Å²) in [5.41, 5.74) is -0.783. The number of nitrogens with one attached hydrogen (secondary N) is 1. The minimum Gasteiger partial charge on any atom is -0.494 e. The lowest BCUT2D eigenvalue weighted by Crippen LogP contribution is -2.30. The number of aromatic nitrogens is 2. The number of fused-ring (bicyclic) bond motifs is 2. The van der Waals surface area contributed by atoms with Gasteiger partial charge in [0.05, 0.1) is 5.69 Å². The average molecular weight is 345 g/mol. The van der Waals surface area contributed by atoms with Gasteiger partial charge in [-0.2, -0.15) is 0 Å².